The van der Waals surface area contributed by atoms with Crippen LogP contribution in [0.5, 0.6) is 0 Å². The average molecular weight is 893 g/mol. The van der Waals surface area contributed by atoms with Crippen LogP contribution in [0.3, 0.4) is 0 Å². The molecular formula is C58H100O6. The van der Waals surface area contributed by atoms with Gasteiger partial charge < -0.3 is 14.2 Å². The highest BCUT2D eigenvalue weighted by atomic mass is 16.6. The molecule has 1 atom stereocenters. The lowest BCUT2D eigenvalue weighted by atomic mass is 10.0. The molecule has 0 saturated heterocycles. The number of carbonyl (C=O) groups excluding carboxylic acids is 3. The van der Waals surface area contributed by atoms with Crippen molar-refractivity contribution in [1.82, 2.24) is 0 Å². The number of hydrogen-bond acceptors (Lipinski definition) is 6. The molecule has 0 aromatic heterocycles. The van der Waals surface area contributed by atoms with Crippen molar-refractivity contribution in [3.63, 3.8) is 0 Å². The summed E-state index contributed by atoms with van der Waals surface area (Å²) in [7, 11) is 0. The topological polar surface area (TPSA) is 78.9 Å². The van der Waals surface area contributed by atoms with Crippen LogP contribution in [0.15, 0.2) is 72.9 Å². The van der Waals surface area contributed by atoms with Gasteiger partial charge in [-0.25, -0.2) is 0 Å². The van der Waals surface area contributed by atoms with Gasteiger partial charge in [0, 0.05) is 19.3 Å². The standard InChI is InChI=1S/C58H100O6/c1-4-7-10-13-16-18-20-22-23-24-25-26-27-28-29-30-31-32-33-34-35-37-38-40-42-45-48-51-57(60)63-54-55(53-62-56(59)50-47-44-15-12-9-6-3)64-58(61)52-49-46-43-41-39-36-21-19-17-14-11-8-5-2/h8,11,17,19-20,22,24-25,27-28,36,39,55H,4-7,9-10,12-16,18,21,23,26,29-35,37-38,40-54H2,1-3H3/b11-8-,19-17-,22-20-,25-24-,28-27-,39-36-. The average Bonchev–Trinajstić information content (AvgIpc) is 3.29. The number of hydrogen-bond donors (Lipinski definition) is 0. The highest BCUT2D eigenvalue weighted by Crippen LogP contribution is 2.15. The molecule has 0 spiro atoms. The second-order valence-corrected chi connectivity index (χ2v) is 17.8. The van der Waals surface area contributed by atoms with Gasteiger partial charge in [-0.3, -0.25) is 14.4 Å². The van der Waals surface area contributed by atoms with E-state index in [9.17, 15) is 14.4 Å². The Balaban J connectivity index is 4.10. The lowest BCUT2D eigenvalue weighted by Gasteiger charge is -2.18. The van der Waals surface area contributed by atoms with Crippen LogP contribution in [0.1, 0.15) is 258 Å². The van der Waals surface area contributed by atoms with Gasteiger partial charge in [0.05, 0.1) is 0 Å². The zero-order valence-electron chi connectivity index (χ0n) is 42.0. The third-order valence-electron chi connectivity index (χ3n) is 11.4. The molecule has 6 heteroatoms. The second-order valence-electron chi connectivity index (χ2n) is 17.8. The highest BCUT2D eigenvalue weighted by Gasteiger charge is 2.19. The predicted molar refractivity (Wildman–Crippen MR) is 274 cm³/mol. The minimum atomic E-state index is -0.787. The normalized spacial score (nSPS) is 12.6. The Labute approximate surface area is 395 Å². The Kier molecular flexibility index (Phi) is 49.9. The van der Waals surface area contributed by atoms with Gasteiger partial charge in [-0.15, -0.1) is 0 Å². The van der Waals surface area contributed by atoms with Crippen molar-refractivity contribution in [2.24, 2.45) is 0 Å². The van der Waals surface area contributed by atoms with E-state index >= 15 is 0 Å². The molecule has 0 aromatic rings. The van der Waals surface area contributed by atoms with Crippen molar-refractivity contribution in [3.05, 3.63) is 72.9 Å². The van der Waals surface area contributed by atoms with E-state index in [1.54, 1.807) is 0 Å². The van der Waals surface area contributed by atoms with E-state index in [1.165, 1.54) is 122 Å². The monoisotopic (exact) mass is 893 g/mol. The van der Waals surface area contributed by atoms with Crippen LogP contribution in [0.25, 0.3) is 0 Å². The van der Waals surface area contributed by atoms with E-state index in [0.717, 1.165) is 96.3 Å². The summed E-state index contributed by atoms with van der Waals surface area (Å²) < 4.78 is 16.7. The minimum absolute atomic E-state index is 0.0876. The van der Waals surface area contributed by atoms with Crippen LogP contribution in [-0.4, -0.2) is 37.2 Å². The molecule has 0 heterocycles. The maximum atomic E-state index is 12.7. The number of rotatable bonds is 48. The van der Waals surface area contributed by atoms with E-state index in [0.29, 0.717) is 19.3 Å². The fourth-order valence-corrected chi connectivity index (χ4v) is 7.40. The van der Waals surface area contributed by atoms with Gasteiger partial charge in [-0.05, 0) is 89.9 Å². The lowest BCUT2D eigenvalue weighted by Crippen LogP contribution is -2.30. The first-order valence-corrected chi connectivity index (χ1v) is 26.9. The molecule has 368 valence electrons. The third kappa shape index (κ3) is 49.9. The van der Waals surface area contributed by atoms with Gasteiger partial charge in [0.15, 0.2) is 6.10 Å². The first kappa shape index (κ1) is 60.9. The van der Waals surface area contributed by atoms with Crippen molar-refractivity contribution in [2.45, 2.75) is 264 Å². The van der Waals surface area contributed by atoms with Crippen LogP contribution in [-0.2, 0) is 28.6 Å². The summed E-state index contributed by atoms with van der Waals surface area (Å²) in [6, 6.07) is 0. The van der Waals surface area contributed by atoms with Gasteiger partial charge in [0.1, 0.15) is 13.2 Å². The molecule has 0 N–H and O–H groups in total. The molecule has 64 heavy (non-hydrogen) atoms. The number of ether oxygens (including phenoxy) is 3. The van der Waals surface area contributed by atoms with E-state index < -0.39 is 6.10 Å². The molecular weight excluding hydrogens is 793 g/mol. The van der Waals surface area contributed by atoms with Crippen LogP contribution in [0.4, 0.5) is 0 Å². The largest absolute Gasteiger partial charge is 0.462 e. The Morgan fingerprint density at radius 1 is 0.328 bits per heavy atom. The molecule has 0 aliphatic carbocycles. The summed E-state index contributed by atoms with van der Waals surface area (Å²) in [5.74, 6) is -0.928. The van der Waals surface area contributed by atoms with Crippen molar-refractivity contribution >= 4 is 17.9 Å². The SMILES string of the molecule is CC/C=C\C/C=C\C/C=C\CCCCCC(=O)OC(COC(=O)CCCCCCCC)COC(=O)CCCCCCCCCCCCCC/C=C\C/C=C\C/C=C\CCCCCCC. The smallest absolute Gasteiger partial charge is 0.306 e. The summed E-state index contributed by atoms with van der Waals surface area (Å²) in [6.45, 7) is 6.43. The molecule has 0 bridgehead atoms. The molecule has 0 aliphatic rings. The van der Waals surface area contributed by atoms with Crippen molar-refractivity contribution in [1.29, 1.82) is 0 Å². The van der Waals surface area contributed by atoms with Crippen molar-refractivity contribution in [2.75, 3.05) is 13.2 Å². The fraction of sp³-hybridized carbons (Fsp3) is 0.741. The molecule has 0 radical (unpaired) electrons. The predicted octanol–water partition coefficient (Wildman–Crippen LogP) is 17.8. The zero-order chi connectivity index (χ0) is 46.5. The molecule has 0 aromatic carbocycles. The number of allylic oxidation sites excluding steroid dienone is 12. The van der Waals surface area contributed by atoms with E-state index in [1.807, 2.05) is 0 Å². The molecule has 0 aliphatic heterocycles. The highest BCUT2D eigenvalue weighted by molar-refractivity contribution is 5.71. The summed E-state index contributed by atoms with van der Waals surface area (Å²) in [4.78, 5) is 37.7. The zero-order valence-corrected chi connectivity index (χ0v) is 42.0. The van der Waals surface area contributed by atoms with E-state index in [4.69, 9.17) is 14.2 Å². The van der Waals surface area contributed by atoms with E-state index in [2.05, 4.69) is 93.7 Å². The lowest BCUT2D eigenvalue weighted by molar-refractivity contribution is -0.167. The number of carbonyl (C=O) groups is 3. The maximum Gasteiger partial charge on any atom is 0.306 e. The van der Waals surface area contributed by atoms with Crippen LogP contribution < -0.4 is 0 Å². The van der Waals surface area contributed by atoms with Crippen molar-refractivity contribution < 1.29 is 28.6 Å². The van der Waals surface area contributed by atoms with E-state index in [-0.39, 0.29) is 31.1 Å². The quantitative estimate of drug-likeness (QED) is 0.0262. The molecule has 0 fully saturated rings. The fourth-order valence-electron chi connectivity index (χ4n) is 7.40. The van der Waals surface area contributed by atoms with Gasteiger partial charge in [0.25, 0.3) is 0 Å². The maximum absolute atomic E-state index is 12.7. The Morgan fingerprint density at radius 3 is 0.969 bits per heavy atom. The molecule has 0 amide bonds. The Morgan fingerprint density at radius 2 is 0.609 bits per heavy atom. The molecule has 1 unspecified atom stereocenters. The summed E-state index contributed by atoms with van der Waals surface area (Å²) in [5, 5.41) is 0. The first-order valence-electron chi connectivity index (χ1n) is 26.9. The summed E-state index contributed by atoms with van der Waals surface area (Å²) >= 11 is 0. The summed E-state index contributed by atoms with van der Waals surface area (Å²) in [5.41, 5.74) is 0. The third-order valence-corrected chi connectivity index (χ3v) is 11.4. The van der Waals surface area contributed by atoms with Gasteiger partial charge in [-0.1, -0.05) is 222 Å². The van der Waals surface area contributed by atoms with Gasteiger partial charge in [0.2, 0.25) is 0 Å². The van der Waals surface area contributed by atoms with Gasteiger partial charge in [-0.2, -0.15) is 0 Å². The van der Waals surface area contributed by atoms with Crippen LogP contribution in [0.2, 0.25) is 0 Å². The Bertz CT molecular complexity index is 1210. The molecule has 0 saturated carbocycles. The van der Waals surface area contributed by atoms with Crippen LogP contribution >= 0.6 is 0 Å². The Hall–Kier alpha value is -3.15. The van der Waals surface area contributed by atoms with Gasteiger partial charge >= 0.3 is 17.9 Å². The molecule has 6 nitrogen and oxygen atoms in total. The minimum Gasteiger partial charge on any atom is -0.462 e. The summed E-state index contributed by atoms with van der Waals surface area (Å²) in [6.07, 6.45) is 66.5. The van der Waals surface area contributed by atoms with Crippen LogP contribution in [0, 0.1) is 0 Å². The number of unbranched alkanes of at least 4 members (excludes halogenated alkanes) is 25. The molecule has 0 rings (SSSR count). The first-order chi connectivity index (χ1) is 31.5. The van der Waals surface area contributed by atoms with Crippen molar-refractivity contribution in [3.8, 4) is 0 Å². The number of esters is 3. The second kappa shape index (κ2) is 52.5.